The molecule has 13 rings (SSSR count). The summed E-state index contributed by atoms with van der Waals surface area (Å²) in [7, 11) is -3.36. The molecule has 8 heteroatoms. The zero-order chi connectivity index (χ0) is 59.2. The van der Waals surface area contributed by atoms with E-state index in [2.05, 4.69) is 309 Å². The quantitative estimate of drug-likeness (QED) is 0.114. The van der Waals surface area contributed by atoms with Crippen molar-refractivity contribution in [3.8, 4) is 34.0 Å². The van der Waals surface area contributed by atoms with E-state index in [1.54, 1.807) is 0 Å². The van der Waals surface area contributed by atoms with Gasteiger partial charge >= 0.3 is 0 Å². The molecule has 0 N–H and O–H groups in total. The maximum atomic E-state index is 7.54. The minimum absolute atomic E-state index is 0.0508. The molecule has 0 radical (unpaired) electrons. The number of hydrogen-bond acceptors (Lipinski definition) is 6. The molecule has 0 bridgehead atoms. The Morgan fingerprint density at radius 2 is 0.659 bits per heavy atom. The van der Waals surface area contributed by atoms with Crippen LogP contribution >= 0.6 is 0 Å². The standard InChI is InChI=1S/C77H74N4O2Si2/c1-75(2,3)53-33-37-57(38-34-53)80(59-41-45-61(46-42-59)84(7,8)9)65-49-63-67(71-69(65)78-73(82-71)51-25-17-13-18-26-51)68-64(77(63,55-29-21-15-22-30-55)56-31-23-16-24-32-56)50-66(70-72(68)83-74(79-70)52-27-19-14-20-28-52)81(58-39-35-54(36-40-58)76(4,5)6)60-43-47-62(48-44-60)85(10,11)12/h13-50H,1-12H3. The summed E-state index contributed by atoms with van der Waals surface area (Å²) in [5.74, 6) is 1.06. The van der Waals surface area contributed by atoms with Crippen LogP contribution in [-0.4, -0.2) is 26.1 Å². The third kappa shape index (κ3) is 9.75. The fourth-order valence-electron chi connectivity index (χ4n) is 12.6. The van der Waals surface area contributed by atoms with Gasteiger partial charge in [0.25, 0.3) is 0 Å². The average molecular weight is 1140 g/mol. The van der Waals surface area contributed by atoms with Crippen LogP contribution in [0.25, 0.3) is 56.2 Å². The Labute approximate surface area is 503 Å². The summed E-state index contributed by atoms with van der Waals surface area (Å²) < 4.78 is 15.1. The van der Waals surface area contributed by atoms with Crippen molar-refractivity contribution in [2.24, 2.45) is 0 Å². The van der Waals surface area contributed by atoms with Gasteiger partial charge in [0.1, 0.15) is 11.0 Å². The molecule has 422 valence electrons. The second kappa shape index (κ2) is 20.8. The highest BCUT2D eigenvalue weighted by atomic mass is 28.3. The van der Waals surface area contributed by atoms with E-state index in [1.165, 1.54) is 21.5 Å². The van der Waals surface area contributed by atoms with Crippen molar-refractivity contribution in [1.29, 1.82) is 0 Å². The normalized spacial score (nSPS) is 13.3. The fraction of sp³-hybridized carbons (Fsp3) is 0.195. The van der Waals surface area contributed by atoms with Gasteiger partial charge in [0, 0.05) is 45.0 Å². The van der Waals surface area contributed by atoms with Crippen LogP contribution in [0.1, 0.15) is 74.9 Å². The molecule has 0 spiro atoms. The highest BCUT2D eigenvalue weighted by Gasteiger charge is 2.51. The fourth-order valence-corrected chi connectivity index (χ4v) is 14.9. The largest absolute Gasteiger partial charge is 0.435 e. The minimum atomic E-state index is -1.68. The Hall–Kier alpha value is -8.83. The molecular formula is C77H74N4O2Si2. The third-order valence-corrected chi connectivity index (χ3v) is 21.4. The molecule has 12 aromatic rings. The second-order valence-electron chi connectivity index (χ2n) is 27.1. The number of aromatic nitrogens is 2. The molecule has 6 nitrogen and oxygen atoms in total. The monoisotopic (exact) mass is 1140 g/mol. The minimum Gasteiger partial charge on any atom is -0.435 e. The molecule has 85 heavy (non-hydrogen) atoms. The van der Waals surface area contributed by atoms with E-state index in [-0.39, 0.29) is 10.8 Å². The van der Waals surface area contributed by atoms with Gasteiger partial charge in [-0.2, -0.15) is 0 Å². The van der Waals surface area contributed by atoms with Gasteiger partial charge in [0.05, 0.1) is 32.9 Å². The predicted molar refractivity (Wildman–Crippen MR) is 362 cm³/mol. The lowest BCUT2D eigenvalue weighted by atomic mass is 9.67. The number of rotatable bonds is 12. The lowest BCUT2D eigenvalue weighted by Gasteiger charge is -2.36. The molecular weight excluding hydrogens is 1070 g/mol. The van der Waals surface area contributed by atoms with Crippen LogP contribution in [-0.2, 0) is 16.2 Å². The summed E-state index contributed by atoms with van der Waals surface area (Å²) in [4.78, 5) is 16.1. The van der Waals surface area contributed by atoms with Crippen LogP contribution in [0.3, 0.4) is 0 Å². The van der Waals surface area contributed by atoms with Gasteiger partial charge in [0.2, 0.25) is 11.8 Å². The van der Waals surface area contributed by atoms with Gasteiger partial charge in [-0.1, -0.05) is 237 Å². The zero-order valence-electron chi connectivity index (χ0n) is 51.0. The first kappa shape index (κ1) is 55.4. The number of hydrogen-bond donors (Lipinski definition) is 0. The van der Waals surface area contributed by atoms with E-state index in [0.29, 0.717) is 22.9 Å². The highest BCUT2D eigenvalue weighted by molar-refractivity contribution is 6.89. The zero-order valence-corrected chi connectivity index (χ0v) is 53.0. The van der Waals surface area contributed by atoms with Gasteiger partial charge in [-0.05, 0) is 129 Å². The van der Waals surface area contributed by atoms with Crippen molar-refractivity contribution >= 4 is 82.8 Å². The van der Waals surface area contributed by atoms with Crippen molar-refractivity contribution in [1.82, 2.24) is 9.97 Å². The lowest BCUT2D eigenvalue weighted by molar-refractivity contribution is 0.590. The van der Waals surface area contributed by atoms with Gasteiger partial charge in [-0.3, -0.25) is 0 Å². The maximum absolute atomic E-state index is 7.54. The molecule has 0 unspecified atom stereocenters. The summed E-state index contributed by atoms with van der Waals surface area (Å²) in [6, 6.07) is 84.3. The van der Waals surface area contributed by atoms with Crippen molar-refractivity contribution in [2.75, 3.05) is 9.80 Å². The summed E-state index contributed by atoms with van der Waals surface area (Å²) >= 11 is 0. The molecule has 1 aliphatic rings. The van der Waals surface area contributed by atoms with Gasteiger partial charge in [-0.25, -0.2) is 9.97 Å². The topological polar surface area (TPSA) is 58.5 Å². The van der Waals surface area contributed by atoms with Crippen LogP contribution in [0.15, 0.2) is 239 Å². The van der Waals surface area contributed by atoms with Crippen LogP contribution in [0.4, 0.5) is 34.1 Å². The second-order valence-corrected chi connectivity index (χ2v) is 37.3. The van der Waals surface area contributed by atoms with Gasteiger partial charge in [-0.15, -0.1) is 0 Å². The summed E-state index contributed by atoms with van der Waals surface area (Å²) in [5.41, 5.74) is 18.0. The smallest absolute Gasteiger partial charge is 0.227 e. The Kier molecular flexibility index (Phi) is 13.5. The third-order valence-electron chi connectivity index (χ3n) is 17.3. The SMILES string of the molecule is CC(C)(C)c1ccc(N(c2ccc([Si](C)(C)C)cc2)c2cc3c(c4oc(-c5ccccc5)nc24)-c2c(cc(N(c4ccc(C(C)(C)C)cc4)c4ccc([Si](C)(C)C)cc4)c4nc(-c5ccccc5)oc24)C3(c2ccccc2)c2ccccc2)cc1. The molecule has 0 atom stereocenters. The Balaban J connectivity index is 1.21. The Morgan fingerprint density at radius 3 is 0.953 bits per heavy atom. The molecule has 0 aliphatic heterocycles. The molecule has 0 saturated heterocycles. The van der Waals surface area contributed by atoms with E-state index in [0.717, 1.165) is 89.7 Å². The number of benzene rings is 10. The van der Waals surface area contributed by atoms with Crippen LogP contribution < -0.4 is 20.2 Å². The number of nitrogens with zero attached hydrogens (tertiary/aromatic N) is 4. The van der Waals surface area contributed by atoms with Crippen molar-refractivity contribution in [2.45, 2.75) is 97.1 Å². The first-order valence-corrected chi connectivity index (χ1v) is 36.9. The van der Waals surface area contributed by atoms with Crippen molar-refractivity contribution in [3.63, 3.8) is 0 Å². The number of anilines is 6. The summed E-state index contributed by atoms with van der Waals surface area (Å²) in [5, 5.41) is 2.78. The summed E-state index contributed by atoms with van der Waals surface area (Å²) in [6.45, 7) is 28.1. The Morgan fingerprint density at radius 1 is 0.365 bits per heavy atom. The average Bonchev–Trinajstić information content (AvgIpc) is 1.54. The molecule has 0 fully saturated rings. The van der Waals surface area contributed by atoms with E-state index < -0.39 is 21.6 Å². The van der Waals surface area contributed by atoms with Crippen molar-refractivity contribution < 1.29 is 8.83 Å². The molecule has 0 amide bonds. The van der Waals surface area contributed by atoms with Crippen molar-refractivity contribution in [3.05, 3.63) is 264 Å². The van der Waals surface area contributed by atoms with E-state index in [9.17, 15) is 0 Å². The lowest BCUT2D eigenvalue weighted by Crippen LogP contribution is -2.37. The molecule has 10 aromatic carbocycles. The summed E-state index contributed by atoms with van der Waals surface area (Å²) in [6.07, 6.45) is 0. The number of fused-ring (bicyclic) bond motifs is 7. The van der Waals surface area contributed by atoms with E-state index >= 15 is 0 Å². The van der Waals surface area contributed by atoms with Crippen LogP contribution in [0.2, 0.25) is 39.3 Å². The highest BCUT2D eigenvalue weighted by Crippen LogP contribution is 2.63. The predicted octanol–water partition coefficient (Wildman–Crippen LogP) is 20.3. The number of oxazole rings is 2. The van der Waals surface area contributed by atoms with Gasteiger partial charge < -0.3 is 18.6 Å². The van der Waals surface area contributed by atoms with Crippen LogP contribution in [0, 0.1) is 0 Å². The Bertz CT molecular complexity index is 3990. The van der Waals surface area contributed by atoms with Crippen LogP contribution in [0.5, 0.6) is 0 Å². The molecule has 0 saturated carbocycles. The van der Waals surface area contributed by atoms with Gasteiger partial charge in [0.15, 0.2) is 11.2 Å². The molecule has 2 heterocycles. The molecule has 2 aromatic heterocycles. The van der Waals surface area contributed by atoms with E-state index in [4.69, 9.17) is 18.8 Å². The van der Waals surface area contributed by atoms with E-state index in [1.807, 2.05) is 12.1 Å². The maximum Gasteiger partial charge on any atom is 0.227 e. The molecule has 1 aliphatic carbocycles. The first-order valence-electron chi connectivity index (χ1n) is 29.9. The first-order chi connectivity index (χ1) is 40.7.